The summed E-state index contributed by atoms with van der Waals surface area (Å²) in [5.74, 6) is -2.09. The number of hydrogen-bond donors (Lipinski definition) is 2. The van der Waals surface area contributed by atoms with E-state index in [1.807, 2.05) is 0 Å². The van der Waals surface area contributed by atoms with Crippen LogP contribution in [0.1, 0.15) is 32.8 Å². The quantitative estimate of drug-likeness (QED) is 0.737. The minimum Gasteiger partial charge on any atom is -0.442 e. The Morgan fingerprint density at radius 1 is 1.06 bits per heavy atom. The van der Waals surface area contributed by atoms with E-state index in [0.717, 1.165) is 0 Å². The molecule has 0 bridgehead atoms. The molecule has 1 saturated heterocycles. The van der Waals surface area contributed by atoms with Crippen molar-refractivity contribution in [2.45, 2.75) is 57.5 Å². The van der Waals surface area contributed by atoms with Gasteiger partial charge in [0.15, 0.2) is 6.10 Å². The number of likely N-dealkylation sites (tertiary alicyclic amines) is 1. The van der Waals surface area contributed by atoms with Crippen LogP contribution in [-0.2, 0) is 20.7 Å². The SMILES string of the molecule is CC(C)(C)C1(Cc2ccccc2)[C@H](OC(N)=O)[C@H](OC(N)=O)CCN1C(=O)C(F)(F)F. The maximum atomic E-state index is 13.6. The Labute approximate surface area is 177 Å². The third-order valence-electron chi connectivity index (χ3n) is 5.54. The highest BCUT2D eigenvalue weighted by Crippen LogP contribution is 2.48. The van der Waals surface area contributed by atoms with Crippen molar-refractivity contribution in [3.05, 3.63) is 35.9 Å². The lowest BCUT2D eigenvalue weighted by molar-refractivity contribution is -0.218. The smallest absolute Gasteiger partial charge is 0.442 e. The van der Waals surface area contributed by atoms with Crippen molar-refractivity contribution in [3.63, 3.8) is 0 Å². The van der Waals surface area contributed by atoms with Crippen LogP contribution in [0.5, 0.6) is 0 Å². The molecule has 0 aromatic heterocycles. The molecular weight excluding hydrogens is 419 g/mol. The minimum absolute atomic E-state index is 0.129. The molecule has 172 valence electrons. The molecule has 1 aliphatic rings. The Kier molecular flexibility index (Phi) is 6.77. The first kappa shape index (κ1) is 24.3. The average molecular weight is 445 g/mol. The van der Waals surface area contributed by atoms with E-state index in [4.69, 9.17) is 20.9 Å². The van der Waals surface area contributed by atoms with Crippen LogP contribution in [0.3, 0.4) is 0 Å². The lowest BCUT2D eigenvalue weighted by atomic mass is 9.62. The molecule has 0 aliphatic carbocycles. The monoisotopic (exact) mass is 445 g/mol. The van der Waals surface area contributed by atoms with Gasteiger partial charge in [-0.1, -0.05) is 51.1 Å². The number of nitrogens with two attached hydrogens (primary N) is 2. The summed E-state index contributed by atoms with van der Waals surface area (Å²) >= 11 is 0. The van der Waals surface area contributed by atoms with E-state index in [2.05, 4.69) is 0 Å². The Morgan fingerprint density at radius 3 is 2.06 bits per heavy atom. The molecule has 3 atom stereocenters. The number of halogens is 3. The second-order valence-electron chi connectivity index (χ2n) is 8.41. The molecule has 1 aromatic carbocycles. The number of rotatable bonds is 4. The number of alkyl halides is 3. The Hall–Kier alpha value is -2.98. The molecule has 8 nitrogen and oxygen atoms in total. The van der Waals surface area contributed by atoms with Gasteiger partial charge in [-0.15, -0.1) is 0 Å². The van der Waals surface area contributed by atoms with Gasteiger partial charge in [0.05, 0.1) is 5.54 Å². The average Bonchev–Trinajstić information content (AvgIpc) is 2.62. The third-order valence-corrected chi connectivity index (χ3v) is 5.54. The first-order valence-electron chi connectivity index (χ1n) is 9.55. The number of carbonyl (C=O) groups excluding carboxylic acids is 3. The highest BCUT2D eigenvalue weighted by Gasteiger charge is 2.64. The standard InChI is InChI=1S/C20H26F3N3O5/c1-18(2,3)19(11-12-7-5-4-6-8-12)14(31-17(25)29)13(30-16(24)28)9-10-26(19)15(27)20(21,22)23/h4-8,13-14H,9-11H2,1-3H3,(H2,24,28)(H2,25,29)/t13-,14-,19?/m1/s1. The van der Waals surface area contributed by atoms with Gasteiger partial charge in [0.25, 0.3) is 0 Å². The second kappa shape index (κ2) is 8.64. The summed E-state index contributed by atoms with van der Waals surface area (Å²) in [6.45, 7) is 4.42. The van der Waals surface area contributed by atoms with Gasteiger partial charge in [0.1, 0.15) is 6.10 Å². The fourth-order valence-electron chi connectivity index (χ4n) is 4.27. The summed E-state index contributed by atoms with van der Waals surface area (Å²) in [6.07, 6.45) is -10.7. The molecule has 1 heterocycles. The summed E-state index contributed by atoms with van der Waals surface area (Å²) in [5, 5.41) is 0. The van der Waals surface area contributed by atoms with Gasteiger partial charge in [-0.25, -0.2) is 9.59 Å². The van der Waals surface area contributed by atoms with Gasteiger partial charge in [-0.2, -0.15) is 13.2 Å². The number of primary amides is 2. The fourth-order valence-corrected chi connectivity index (χ4v) is 4.27. The molecule has 31 heavy (non-hydrogen) atoms. The molecule has 11 heteroatoms. The van der Waals surface area contributed by atoms with Crippen molar-refractivity contribution < 1.29 is 37.0 Å². The van der Waals surface area contributed by atoms with Crippen molar-refractivity contribution in [1.29, 1.82) is 0 Å². The molecule has 1 unspecified atom stereocenters. The lowest BCUT2D eigenvalue weighted by Gasteiger charge is -2.59. The van der Waals surface area contributed by atoms with Crippen molar-refractivity contribution in [1.82, 2.24) is 4.90 Å². The van der Waals surface area contributed by atoms with Crippen LogP contribution in [0.25, 0.3) is 0 Å². The molecule has 4 N–H and O–H groups in total. The second-order valence-corrected chi connectivity index (χ2v) is 8.41. The molecule has 0 saturated carbocycles. The van der Waals surface area contributed by atoms with Gasteiger partial charge in [-0.05, 0) is 11.0 Å². The number of hydrogen-bond acceptors (Lipinski definition) is 5. The van der Waals surface area contributed by atoms with Gasteiger partial charge < -0.3 is 25.8 Å². The largest absolute Gasteiger partial charge is 0.471 e. The fraction of sp³-hybridized carbons (Fsp3) is 0.550. The van der Waals surface area contributed by atoms with Crippen LogP contribution in [0.4, 0.5) is 22.8 Å². The van der Waals surface area contributed by atoms with Crippen LogP contribution in [0.15, 0.2) is 30.3 Å². The molecule has 1 fully saturated rings. The Morgan fingerprint density at radius 2 is 1.61 bits per heavy atom. The number of carbonyl (C=O) groups is 3. The first-order valence-corrected chi connectivity index (χ1v) is 9.55. The number of ether oxygens (including phenoxy) is 2. The maximum absolute atomic E-state index is 13.6. The predicted octanol–water partition coefficient (Wildman–Crippen LogP) is 2.74. The van der Waals surface area contributed by atoms with Crippen molar-refractivity contribution in [3.8, 4) is 0 Å². The number of amides is 3. The number of benzene rings is 1. The van der Waals surface area contributed by atoms with Crippen LogP contribution >= 0.6 is 0 Å². The molecule has 0 spiro atoms. The van der Waals surface area contributed by atoms with Gasteiger partial charge >= 0.3 is 24.3 Å². The van der Waals surface area contributed by atoms with Crippen LogP contribution in [-0.4, -0.2) is 53.5 Å². The highest BCUT2D eigenvalue weighted by atomic mass is 19.4. The zero-order chi connectivity index (χ0) is 23.6. The Bertz CT molecular complexity index is 826. The van der Waals surface area contributed by atoms with Crippen molar-refractivity contribution in [2.24, 2.45) is 16.9 Å². The molecular formula is C20H26F3N3O5. The van der Waals surface area contributed by atoms with Crippen LogP contribution < -0.4 is 11.5 Å². The normalized spacial score (nSPS) is 24.4. The predicted molar refractivity (Wildman–Crippen MR) is 104 cm³/mol. The third kappa shape index (κ3) is 5.02. The first-order chi connectivity index (χ1) is 14.2. The van der Waals surface area contributed by atoms with Crippen LogP contribution in [0.2, 0.25) is 0 Å². The Balaban J connectivity index is 2.77. The maximum Gasteiger partial charge on any atom is 0.471 e. The zero-order valence-electron chi connectivity index (χ0n) is 17.4. The highest BCUT2D eigenvalue weighted by molar-refractivity contribution is 5.83. The van der Waals surface area contributed by atoms with E-state index >= 15 is 0 Å². The zero-order valence-corrected chi connectivity index (χ0v) is 17.4. The summed E-state index contributed by atoms with van der Waals surface area (Å²) in [4.78, 5) is 36.4. The van der Waals surface area contributed by atoms with Gasteiger partial charge in [0, 0.05) is 19.4 Å². The molecule has 2 rings (SSSR count). The molecule has 0 radical (unpaired) electrons. The summed E-state index contributed by atoms with van der Waals surface area (Å²) in [5.41, 5.74) is 8.08. The van der Waals surface area contributed by atoms with Gasteiger partial charge in [0.2, 0.25) is 0 Å². The minimum atomic E-state index is -5.18. The van der Waals surface area contributed by atoms with Crippen LogP contribution in [0, 0.1) is 5.41 Å². The summed E-state index contributed by atoms with van der Waals surface area (Å²) < 4.78 is 51.1. The number of piperidine rings is 1. The van der Waals surface area contributed by atoms with E-state index < -0.39 is 54.0 Å². The number of nitrogens with zero attached hydrogens (tertiary/aromatic N) is 1. The van der Waals surface area contributed by atoms with Crippen molar-refractivity contribution in [2.75, 3.05) is 6.54 Å². The summed E-state index contributed by atoms with van der Waals surface area (Å²) in [7, 11) is 0. The molecule has 3 amide bonds. The van der Waals surface area contributed by atoms with Crippen molar-refractivity contribution >= 4 is 18.1 Å². The molecule has 1 aromatic rings. The van der Waals surface area contributed by atoms with E-state index in [-0.39, 0.29) is 12.8 Å². The van der Waals surface area contributed by atoms with Gasteiger partial charge in [-0.3, -0.25) is 4.79 Å². The van der Waals surface area contributed by atoms with E-state index in [1.165, 1.54) is 0 Å². The van der Waals surface area contributed by atoms with E-state index in [1.54, 1.807) is 51.1 Å². The topological polar surface area (TPSA) is 125 Å². The van der Waals surface area contributed by atoms with E-state index in [9.17, 15) is 27.6 Å². The summed E-state index contributed by atoms with van der Waals surface area (Å²) in [6, 6.07) is 8.44. The van der Waals surface area contributed by atoms with E-state index in [0.29, 0.717) is 10.5 Å². The lowest BCUT2D eigenvalue weighted by Crippen LogP contribution is -2.75. The molecule has 1 aliphatic heterocycles.